The van der Waals surface area contributed by atoms with Crippen LogP contribution in [0, 0.1) is 7.14 Å². The van der Waals surface area contributed by atoms with Gasteiger partial charge in [-0.15, -0.1) is 0 Å². The number of halogens is 3. The Kier molecular flexibility index (Phi) is 6.90. The van der Waals surface area contributed by atoms with E-state index >= 15 is 0 Å². The maximum Gasteiger partial charge on any atom is 0.253 e. The van der Waals surface area contributed by atoms with Gasteiger partial charge in [-0.2, -0.15) is 0 Å². The lowest BCUT2D eigenvalue weighted by molar-refractivity contribution is 0.0877. The number of anilines is 1. The number of amides is 2. The molecule has 0 aliphatic carbocycles. The summed E-state index contributed by atoms with van der Waals surface area (Å²) in [7, 11) is 0. The van der Waals surface area contributed by atoms with Crippen LogP contribution in [0.5, 0.6) is 0 Å². The molecular weight excluding hydrogens is 527 g/mol. The van der Waals surface area contributed by atoms with Crippen molar-refractivity contribution < 1.29 is 19.8 Å². The maximum absolute atomic E-state index is 12.3. The van der Waals surface area contributed by atoms with Gasteiger partial charge < -0.3 is 27.0 Å². The van der Waals surface area contributed by atoms with E-state index in [1.807, 2.05) is 22.6 Å². The molecule has 116 valence electrons. The molecule has 0 spiro atoms. The summed E-state index contributed by atoms with van der Waals surface area (Å²) in [5.41, 5.74) is 11.2. The van der Waals surface area contributed by atoms with Crippen LogP contribution in [0.2, 0.25) is 5.02 Å². The van der Waals surface area contributed by atoms with E-state index in [0.717, 1.165) is 0 Å². The van der Waals surface area contributed by atoms with E-state index in [2.05, 4.69) is 5.32 Å². The van der Waals surface area contributed by atoms with E-state index < -0.39 is 31.1 Å². The SMILES string of the molecule is NC(=O)c1c(Cl)c(N)c(I)c(C(=O)NC(CO)CO)c1I. The Morgan fingerprint density at radius 1 is 1.19 bits per heavy atom. The summed E-state index contributed by atoms with van der Waals surface area (Å²) in [6, 6.07) is -0.821. The number of nitrogens with two attached hydrogens (primary N) is 2. The summed E-state index contributed by atoms with van der Waals surface area (Å²) in [6.07, 6.45) is 0. The molecule has 0 fully saturated rings. The molecule has 0 atom stereocenters. The van der Waals surface area contributed by atoms with E-state index in [0.29, 0.717) is 3.57 Å². The minimum absolute atomic E-state index is 0.00582. The molecule has 21 heavy (non-hydrogen) atoms. The monoisotopic (exact) mass is 539 g/mol. The van der Waals surface area contributed by atoms with Crippen molar-refractivity contribution in [3.8, 4) is 0 Å². The zero-order valence-electron chi connectivity index (χ0n) is 10.5. The van der Waals surface area contributed by atoms with Crippen molar-refractivity contribution in [3.05, 3.63) is 23.3 Å². The largest absolute Gasteiger partial charge is 0.397 e. The van der Waals surface area contributed by atoms with Crippen molar-refractivity contribution in [2.75, 3.05) is 18.9 Å². The third-order valence-electron chi connectivity index (χ3n) is 2.60. The number of primary amides is 1. The lowest BCUT2D eigenvalue weighted by Crippen LogP contribution is -2.41. The van der Waals surface area contributed by atoms with Gasteiger partial charge in [0.25, 0.3) is 11.8 Å². The minimum atomic E-state index is -0.821. The van der Waals surface area contributed by atoms with Crippen molar-refractivity contribution in [2.24, 2.45) is 5.73 Å². The van der Waals surface area contributed by atoms with E-state index in [4.69, 9.17) is 33.3 Å². The fraction of sp³-hybridized carbons (Fsp3) is 0.273. The van der Waals surface area contributed by atoms with Gasteiger partial charge >= 0.3 is 0 Å². The topological polar surface area (TPSA) is 139 Å². The van der Waals surface area contributed by atoms with Crippen LogP contribution < -0.4 is 16.8 Å². The molecule has 1 rings (SSSR count). The van der Waals surface area contributed by atoms with Crippen LogP contribution in [0.3, 0.4) is 0 Å². The molecule has 0 heterocycles. The third kappa shape index (κ3) is 3.88. The molecule has 7 N–H and O–H groups in total. The summed E-state index contributed by atoms with van der Waals surface area (Å²) in [5, 5.41) is 20.4. The van der Waals surface area contributed by atoms with Crippen molar-refractivity contribution in [1.29, 1.82) is 0 Å². The summed E-state index contributed by atoms with van der Waals surface area (Å²) in [5.74, 6) is -1.40. The van der Waals surface area contributed by atoms with Crippen LogP contribution in [-0.2, 0) is 0 Å². The zero-order chi connectivity index (χ0) is 16.3. The standard InChI is InChI=1S/C11H12ClI2N3O4/c12-6-4(10(16)20)7(13)5(8(14)9(6)15)11(21)17-3(1-18)2-19/h3,18-19H,1-2,15H2,(H2,16,20)(H,17,21). The van der Waals surface area contributed by atoms with Gasteiger partial charge in [-0.1, -0.05) is 11.6 Å². The molecular formula is C11H12ClI2N3O4. The fourth-order valence-electron chi connectivity index (χ4n) is 1.51. The molecule has 10 heteroatoms. The maximum atomic E-state index is 12.3. The number of carbonyl (C=O) groups excluding carboxylic acids is 2. The predicted octanol–water partition coefficient (Wildman–Crippen LogP) is 0.313. The molecule has 0 saturated heterocycles. The van der Waals surface area contributed by atoms with Crippen molar-refractivity contribution in [1.82, 2.24) is 5.32 Å². The molecule has 0 aliphatic heterocycles. The highest BCUT2D eigenvalue weighted by Crippen LogP contribution is 2.35. The number of aliphatic hydroxyl groups is 2. The second-order valence-electron chi connectivity index (χ2n) is 4.01. The zero-order valence-corrected chi connectivity index (χ0v) is 15.6. The first-order chi connectivity index (χ1) is 9.76. The van der Waals surface area contributed by atoms with Crippen LogP contribution >= 0.6 is 56.8 Å². The minimum Gasteiger partial charge on any atom is -0.397 e. The Bertz CT molecular complexity index is 594. The average Bonchev–Trinajstić information content (AvgIpc) is 2.42. The third-order valence-corrected chi connectivity index (χ3v) is 5.19. The van der Waals surface area contributed by atoms with Gasteiger partial charge in [-0.25, -0.2) is 0 Å². The van der Waals surface area contributed by atoms with E-state index in [9.17, 15) is 9.59 Å². The van der Waals surface area contributed by atoms with E-state index in [1.165, 1.54) is 0 Å². The molecule has 1 aromatic rings. The molecule has 0 bridgehead atoms. The summed E-state index contributed by atoms with van der Waals surface area (Å²) in [4.78, 5) is 23.7. The van der Waals surface area contributed by atoms with Crippen molar-refractivity contribution in [2.45, 2.75) is 6.04 Å². The molecule has 0 radical (unpaired) electrons. The van der Waals surface area contributed by atoms with Gasteiger partial charge in [0.15, 0.2) is 0 Å². The second-order valence-corrected chi connectivity index (χ2v) is 6.54. The van der Waals surface area contributed by atoms with Crippen LogP contribution in [0.25, 0.3) is 0 Å². The van der Waals surface area contributed by atoms with Crippen LogP contribution in [0.15, 0.2) is 0 Å². The fourth-order valence-corrected chi connectivity index (χ4v) is 4.46. The number of hydrogen-bond donors (Lipinski definition) is 5. The first-order valence-electron chi connectivity index (χ1n) is 5.54. The number of rotatable bonds is 5. The Balaban J connectivity index is 3.43. The first-order valence-corrected chi connectivity index (χ1v) is 8.08. The van der Waals surface area contributed by atoms with Crippen LogP contribution in [0.4, 0.5) is 5.69 Å². The summed E-state index contributed by atoms with van der Waals surface area (Å²) >= 11 is 9.60. The molecule has 0 unspecified atom stereocenters. The highest BCUT2D eigenvalue weighted by Gasteiger charge is 2.26. The Labute approximate surface area is 152 Å². The van der Waals surface area contributed by atoms with E-state index in [-0.39, 0.29) is 25.4 Å². The highest BCUT2D eigenvalue weighted by atomic mass is 127. The van der Waals surface area contributed by atoms with Gasteiger partial charge in [0.05, 0.1) is 44.7 Å². The van der Waals surface area contributed by atoms with Gasteiger partial charge in [0.1, 0.15) is 0 Å². The van der Waals surface area contributed by atoms with Crippen LogP contribution in [0.1, 0.15) is 20.7 Å². The van der Waals surface area contributed by atoms with Gasteiger partial charge in [0, 0.05) is 3.57 Å². The Morgan fingerprint density at radius 2 is 1.71 bits per heavy atom. The molecule has 0 aliphatic rings. The van der Waals surface area contributed by atoms with Gasteiger partial charge in [-0.3, -0.25) is 9.59 Å². The predicted molar refractivity (Wildman–Crippen MR) is 95.2 cm³/mol. The summed E-state index contributed by atoms with van der Waals surface area (Å²) < 4.78 is 0.620. The smallest absolute Gasteiger partial charge is 0.253 e. The number of benzene rings is 1. The van der Waals surface area contributed by atoms with Crippen molar-refractivity contribution >= 4 is 74.3 Å². The van der Waals surface area contributed by atoms with E-state index in [1.54, 1.807) is 22.6 Å². The lowest BCUT2D eigenvalue weighted by Gasteiger charge is -2.18. The number of carbonyl (C=O) groups is 2. The molecule has 0 saturated carbocycles. The number of hydrogen-bond acceptors (Lipinski definition) is 5. The van der Waals surface area contributed by atoms with Crippen molar-refractivity contribution in [3.63, 3.8) is 0 Å². The first kappa shape index (κ1) is 18.7. The highest BCUT2D eigenvalue weighted by molar-refractivity contribution is 14.1. The average molecular weight is 539 g/mol. The Hall–Kier alpha value is -0.370. The van der Waals surface area contributed by atoms with Crippen LogP contribution in [-0.4, -0.2) is 41.3 Å². The van der Waals surface area contributed by atoms with Gasteiger partial charge in [0.2, 0.25) is 0 Å². The normalized spacial score (nSPS) is 10.8. The number of nitrogens with one attached hydrogen (secondary N) is 1. The second kappa shape index (κ2) is 7.76. The van der Waals surface area contributed by atoms with Gasteiger partial charge in [-0.05, 0) is 45.2 Å². The lowest BCUT2D eigenvalue weighted by atomic mass is 10.1. The number of nitrogen functional groups attached to an aromatic ring is 1. The Morgan fingerprint density at radius 3 is 2.14 bits per heavy atom. The summed E-state index contributed by atoms with van der Waals surface area (Å²) in [6.45, 7) is -0.859. The molecule has 1 aromatic carbocycles. The quantitative estimate of drug-likeness (QED) is 0.271. The molecule has 7 nitrogen and oxygen atoms in total. The molecule has 2 amide bonds. The molecule has 0 aromatic heterocycles. The number of aliphatic hydroxyl groups excluding tert-OH is 2.